The lowest BCUT2D eigenvalue weighted by atomic mass is 10.2. The topological polar surface area (TPSA) is 43.9 Å². The predicted molar refractivity (Wildman–Crippen MR) is 96.9 cm³/mol. The van der Waals surface area contributed by atoms with Gasteiger partial charge in [0.2, 0.25) is 5.91 Å². The van der Waals surface area contributed by atoms with Crippen LogP contribution in [0.3, 0.4) is 0 Å². The van der Waals surface area contributed by atoms with Crippen molar-refractivity contribution in [1.29, 1.82) is 0 Å². The molecule has 0 saturated carbocycles. The first-order chi connectivity index (χ1) is 11.6. The van der Waals surface area contributed by atoms with Crippen LogP contribution in [0.25, 0.3) is 0 Å². The molecule has 6 heteroatoms. The van der Waals surface area contributed by atoms with E-state index in [4.69, 9.17) is 0 Å². The summed E-state index contributed by atoms with van der Waals surface area (Å²) in [6.07, 6.45) is 3.11. The molecule has 2 heterocycles. The summed E-state index contributed by atoms with van der Waals surface area (Å²) in [4.78, 5) is 30.9. The molecule has 2 aliphatic heterocycles. The zero-order chi connectivity index (χ0) is 16.9. The van der Waals surface area contributed by atoms with E-state index in [1.54, 1.807) is 0 Å². The number of rotatable bonds is 4. The number of carbonyl (C=O) groups is 2. The Morgan fingerprint density at radius 2 is 1.46 bits per heavy atom. The molecule has 2 amide bonds. The van der Waals surface area contributed by atoms with E-state index >= 15 is 0 Å². The Kier molecular flexibility index (Phi) is 5.89. The Labute approximate surface area is 151 Å². The highest BCUT2D eigenvalue weighted by atomic mass is 79.9. The average Bonchev–Trinajstić information content (AvgIpc) is 3.13. The van der Waals surface area contributed by atoms with Gasteiger partial charge in [-0.25, -0.2) is 0 Å². The van der Waals surface area contributed by atoms with Gasteiger partial charge in [-0.2, -0.15) is 0 Å². The highest BCUT2D eigenvalue weighted by Crippen LogP contribution is 2.14. The number of likely N-dealkylation sites (tertiary alicyclic amines) is 1. The van der Waals surface area contributed by atoms with Crippen molar-refractivity contribution in [3.8, 4) is 0 Å². The van der Waals surface area contributed by atoms with Gasteiger partial charge in [-0.15, -0.1) is 0 Å². The summed E-state index contributed by atoms with van der Waals surface area (Å²) in [7, 11) is 0. The van der Waals surface area contributed by atoms with Gasteiger partial charge >= 0.3 is 0 Å². The first kappa shape index (κ1) is 17.4. The summed E-state index contributed by atoms with van der Waals surface area (Å²) in [6.45, 7) is 5.64. The molecule has 1 aromatic carbocycles. The van der Waals surface area contributed by atoms with Gasteiger partial charge < -0.3 is 14.7 Å². The molecule has 0 N–H and O–H groups in total. The lowest BCUT2D eigenvalue weighted by molar-refractivity contribution is -0.133. The highest BCUT2D eigenvalue weighted by molar-refractivity contribution is 9.10. The lowest BCUT2D eigenvalue weighted by Gasteiger charge is -2.35. The van der Waals surface area contributed by atoms with E-state index in [9.17, 15) is 9.59 Å². The maximum atomic E-state index is 12.5. The van der Waals surface area contributed by atoms with Crippen LogP contribution in [-0.4, -0.2) is 72.3 Å². The van der Waals surface area contributed by atoms with Crippen LogP contribution in [-0.2, 0) is 4.79 Å². The third-order valence-electron chi connectivity index (χ3n) is 4.85. The summed E-state index contributed by atoms with van der Waals surface area (Å²) >= 11 is 3.38. The Morgan fingerprint density at radius 1 is 0.875 bits per heavy atom. The molecule has 0 bridgehead atoms. The van der Waals surface area contributed by atoms with Crippen molar-refractivity contribution in [2.45, 2.75) is 19.3 Å². The second-order valence-corrected chi connectivity index (χ2v) is 7.39. The van der Waals surface area contributed by atoms with Crippen LogP contribution in [0.5, 0.6) is 0 Å². The van der Waals surface area contributed by atoms with Crippen LogP contribution < -0.4 is 0 Å². The fourth-order valence-corrected chi connectivity index (χ4v) is 3.62. The molecule has 2 saturated heterocycles. The Hall–Kier alpha value is -1.40. The second-order valence-electron chi connectivity index (χ2n) is 6.48. The summed E-state index contributed by atoms with van der Waals surface area (Å²) in [5.41, 5.74) is 0.701. The summed E-state index contributed by atoms with van der Waals surface area (Å²) in [5.74, 6) is 0.268. The van der Waals surface area contributed by atoms with Gasteiger partial charge in [0, 0.05) is 49.2 Å². The number of hydrogen-bond acceptors (Lipinski definition) is 3. The van der Waals surface area contributed by atoms with Gasteiger partial charge in [-0.1, -0.05) is 15.9 Å². The maximum Gasteiger partial charge on any atom is 0.253 e. The van der Waals surface area contributed by atoms with Crippen molar-refractivity contribution in [1.82, 2.24) is 14.7 Å². The molecular formula is C18H24BrN3O2. The molecule has 0 atom stereocenters. The number of hydrogen-bond donors (Lipinski definition) is 0. The van der Waals surface area contributed by atoms with Crippen molar-refractivity contribution in [3.63, 3.8) is 0 Å². The SMILES string of the molecule is O=C(CCN1CCCC1)N1CCN(C(=O)c2ccc(Br)cc2)CC1. The molecule has 130 valence electrons. The third kappa shape index (κ3) is 4.36. The molecule has 5 nitrogen and oxygen atoms in total. The van der Waals surface area contributed by atoms with Crippen LogP contribution in [0, 0.1) is 0 Å². The Bertz CT molecular complexity index is 576. The first-order valence-electron chi connectivity index (χ1n) is 8.68. The highest BCUT2D eigenvalue weighted by Gasteiger charge is 2.25. The van der Waals surface area contributed by atoms with Crippen molar-refractivity contribution in [2.75, 3.05) is 45.8 Å². The van der Waals surface area contributed by atoms with Gasteiger partial charge in [0.15, 0.2) is 0 Å². The summed E-state index contributed by atoms with van der Waals surface area (Å²) in [5, 5.41) is 0. The number of benzene rings is 1. The third-order valence-corrected chi connectivity index (χ3v) is 5.38. The Morgan fingerprint density at radius 3 is 2.08 bits per heavy atom. The lowest BCUT2D eigenvalue weighted by Crippen LogP contribution is -2.51. The van der Waals surface area contributed by atoms with E-state index in [2.05, 4.69) is 20.8 Å². The van der Waals surface area contributed by atoms with E-state index in [1.165, 1.54) is 12.8 Å². The zero-order valence-corrected chi connectivity index (χ0v) is 15.5. The van der Waals surface area contributed by atoms with Gasteiger partial charge in [0.25, 0.3) is 5.91 Å². The average molecular weight is 394 g/mol. The molecule has 0 aliphatic carbocycles. The van der Waals surface area contributed by atoms with E-state index in [0.717, 1.165) is 24.1 Å². The van der Waals surface area contributed by atoms with Gasteiger partial charge in [0.05, 0.1) is 0 Å². The normalized spacial score (nSPS) is 18.9. The molecule has 0 unspecified atom stereocenters. The van der Waals surface area contributed by atoms with Crippen LogP contribution in [0.15, 0.2) is 28.7 Å². The van der Waals surface area contributed by atoms with Gasteiger partial charge in [0.1, 0.15) is 0 Å². The smallest absolute Gasteiger partial charge is 0.253 e. The summed E-state index contributed by atoms with van der Waals surface area (Å²) < 4.78 is 0.965. The minimum atomic E-state index is 0.0478. The van der Waals surface area contributed by atoms with Crippen molar-refractivity contribution in [2.24, 2.45) is 0 Å². The van der Waals surface area contributed by atoms with Crippen LogP contribution in [0.1, 0.15) is 29.6 Å². The number of halogens is 1. The zero-order valence-electron chi connectivity index (χ0n) is 13.9. The van der Waals surface area contributed by atoms with E-state index in [-0.39, 0.29) is 11.8 Å². The van der Waals surface area contributed by atoms with E-state index in [1.807, 2.05) is 34.1 Å². The summed E-state index contributed by atoms with van der Waals surface area (Å²) in [6, 6.07) is 7.43. The Balaban J connectivity index is 1.45. The number of nitrogens with zero attached hydrogens (tertiary/aromatic N) is 3. The predicted octanol–water partition coefficient (Wildman–Crippen LogP) is 2.22. The molecule has 0 radical (unpaired) electrons. The minimum absolute atomic E-state index is 0.0478. The maximum absolute atomic E-state index is 12.5. The van der Waals surface area contributed by atoms with Crippen molar-refractivity contribution in [3.05, 3.63) is 34.3 Å². The molecular weight excluding hydrogens is 370 g/mol. The second kappa shape index (κ2) is 8.12. The van der Waals surface area contributed by atoms with Gasteiger partial charge in [-0.3, -0.25) is 9.59 Å². The molecule has 3 rings (SSSR count). The molecule has 0 spiro atoms. The fraction of sp³-hybridized carbons (Fsp3) is 0.556. The minimum Gasteiger partial charge on any atom is -0.339 e. The van der Waals surface area contributed by atoms with Crippen molar-refractivity contribution >= 4 is 27.7 Å². The van der Waals surface area contributed by atoms with E-state index < -0.39 is 0 Å². The first-order valence-corrected chi connectivity index (χ1v) is 9.48. The molecule has 2 aliphatic rings. The van der Waals surface area contributed by atoms with Crippen molar-refractivity contribution < 1.29 is 9.59 Å². The molecule has 0 aromatic heterocycles. The van der Waals surface area contributed by atoms with E-state index in [0.29, 0.717) is 38.2 Å². The largest absolute Gasteiger partial charge is 0.339 e. The number of carbonyl (C=O) groups excluding carboxylic acids is 2. The van der Waals surface area contributed by atoms with Gasteiger partial charge in [-0.05, 0) is 50.2 Å². The van der Waals surface area contributed by atoms with Crippen LogP contribution >= 0.6 is 15.9 Å². The number of piperazine rings is 1. The molecule has 2 fully saturated rings. The standard InChI is InChI=1S/C18H24BrN3O2/c19-16-5-3-15(4-6-16)18(24)22-13-11-21(12-14-22)17(23)7-10-20-8-1-2-9-20/h3-6H,1-2,7-14H2. The monoisotopic (exact) mass is 393 g/mol. The molecule has 24 heavy (non-hydrogen) atoms. The fourth-order valence-electron chi connectivity index (χ4n) is 3.35. The quantitative estimate of drug-likeness (QED) is 0.787. The van der Waals surface area contributed by atoms with Crippen LogP contribution in [0.2, 0.25) is 0 Å². The number of amides is 2. The van der Waals surface area contributed by atoms with Crippen LogP contribution in [0.4, 0.5) is 0 Å². The molecule has 1 aromatic rings.